The van der Waals surface area contributed by atoms with Crippen LogP contribution in [-0.2, 0) is 6.54 Å². The number of hydrogen-bond acceptors (Lipinski definition) is 7. The smallest absolute Gasteiger partial charge is 0.270 e. The van der Waals surface area contributed by atoms with E-state index in [2.05, 4.69) is 20.1 Å². The molecule has 0 saturated carbocycles. The first-order chi connectivity index (χ1) is 15.6. The van der Waals surface area contributed by atoms with Gasteiger partial charge in [0.25, 0.3) is 11.6 Å². The summed E-state index contributed by atoms with van der Waals surface area (Å²) in [5.74, 6) is 0.787. The number of benzene rings is 2. The lowest BCUT2D eigenvalue weighted by molar-refractivity contribution is -0.384. The number of amides is 1. The Kier molecular flexibility index (Phi) is 5.12. The molecular formula is C22H20N6O4. The predicted molar refractivity (Wildman–Crippen MR) is 116 cm³/mol. The molecule has 0 radical (unpaired) electrons. The fraction of sp³-hybridized carbons (Fsp3) is 0.227. The topological polar surface area (TPSA) is 121 Å². The molecular weight excluding hydrogens is 412 g/mol. The van der Waals surface area contributed by atoms with E-state index in [1.807, 2.05) is 35.2 Å². The number of carbonyl (C=O) groups is 1. The van der Waals surface area contributed by atoms with Gasteiger partial charge in [0.15, 0.2) is 0 Å². The maximum Gasteiger partial charge on any atom is 0.270 e. The molecule has 5 rings (SSSR count). The van der Waals surface area contributed by atoms with Gasteiger partial charge in [-0.2, -0.15) is 0 Å². The number of nitrogens with one attached hydrogen (secondary N) is 1. The number of hydrogen-bond donors (Lipinski definition) is 1. The molecule has 1 fully saturated rings. The number of fused-ring (bicyclic) bond motifs is 1. The number of piperazine rings is 1. The minimum Gasteiger partial charge on any atom is -0.419 e. The van der Waals surface area contributed by atoms with Crippen LogP contribution in [0.1, 0.15) is 16.4 Å². The molecule has 1 saturated heterocycles. The monoisotopic (exact) mass is 432 g/mol. The quantitative estimate of drug-likeness (QED) is 0.380. The van der Waals surface area contributed by atoms with Gasteiger partial charge in [-0.25, -0.2) is 0 Å². The van der Waals surface area contributed by atoms with Gasteiger partial charge < -0.3 is 14.3 Å². The Morgan fingerprint density at radius 1 is 1.06 bits per heavy atom. The van der Waals surface area contributed by atoms with Crippen LogP contribution in [-0.4, -0.2) is 62.0 Å². The van der Waals surface area contributed by atoms with Crippen molar-refractivity contribution in [2.24, 2.45) is 0 Å². The summed E-state index contributed by atoms with van der Waals surface area (Å²) in [7, 11) is 0. The lowest BCUT2D eigenvalue weighted by Gasteiger charge is -2.33. The van der Waals surface area contributed by atoms with Crippen LogP contribution in [0.3, 0.4) is 0 Å². The van der Waals surface area contributed by atoms with Crippen molar-refractivity contribution < 1.29 is 14.1 Å². The number of aromatic nitrogens is 3. The van der Waals surface area contributed by atoms with Gasteiger partial charge in [-0.3, -0.25) is 19.8 Å². The third kappa shape index (κ3) is 3.95. The Morgan fingerprint density at radius 3 is 2.53 bits per heavy atom. The number of nitro benzene ring substituents is 1. The number of non-ortho nitro benzene ring substituents is 1. The fourth-order valence-corrected chi connectivity index (χ4v) is 3.82. The summed E-state index contributed by atoms with van der Waals surface area (Å²) in [5, 5.41) is 19.9. The standard InChI is InChI=1S/C22H20N6O4/c29-22(19-13-16-3-1-2-4-18(16)23-19)27-11-9-26(10-12-27)14-20-24-25-21(32-20)15-5-7-17(8-6-15)28(30)31/h1-8,13,23H,9-12,14H2. The highest BCUT2D eigenvalue weighted by molar-refractivity contribution is 5.98. The number of nitrogens with zero attached hydrogens (tertiary/aromatic N) is 5. The van der Waals surface area contributed by atoms with E-state index < -0.39 is 4.92 Å². The van der Waals surface area contributed by atoms with E-state index >= 15 is 0 Å². The van der Waals surface area contributed by atoms with E-state index in [0.29, 0.717) is 55.8 Å². The Hall–Kier alpha value is -4.05. The van der Waals surface area contributed by atoms with Crippen LogP contribution in [0, 0.1) is 10.1 Å². The summed E-state index contributed by atoms with van der Waals surface area (Å²) in [6.45, 7) is 3.09. The molecule has 0 unspecified atom stereocenters. The molecule has 0 spiro atoms. The lowest BCUT2D eigenvalue weighted by Crippen LogP contribution is -2.48. The van der Waals surface area contributed by atoms with Crippen molar-refractivity contribution in [1.29, 1.82) is 0 Å². The molecule has 0 bridgehead atoms. The van der Waals surface area contributed by atoms with Crippen LogP contribution in [0.25, 0.3) is 22.4 Å². The van der Waals surface area contributed by atoms with Crippen LogP contribution in [0.5, 0.6) is 0 Å². The van der Waals surface area contributed by atoms with Crippen molar-refractivity contribution in [3.63, 3.8) is 0 Å². The van der Waals surface area contributed by atoms with Crippen molar-refractivity contribution >= 4 is 22.5 Å². The number of para-hydroxylation sites is 1. The van der Waals surface area contributed by atoms with Gasteiger partial charge in [0, 0.05) is 54.8 Å². The highest BCUT2D eigenvalue weighted by atomic mass is 16.6. The molecule has 32 heavy (non-hydrogen) atoms. The fourth-order valence-electron chi connectivity index (χ4n) is 3.82. The molecule has 10 nitrogen and oxygen atoms in total. The number of aromatic amines is 1. The molecule has 0 aliphatic carbocycles. The van der Waals surface area contributed by atoms with Crippen LogP contribution >= 0.6 is 0 Å². The zero-order valence-corrected chi connectivity index (χ0v) is 17.1. The Labute approximate surface area is 182 Å². The van der Waals surface area contributed by atoms with Crippen LogP contribution < -0.4 is 0 Å². The van der Waals surface area contributed by atoms with E-state index in [4.69, 9.17) is 4.42 Å². The summed E-state index contributed by atoms with van der Waals surface area (Å²) >= 11 is 0. The number of rotatable bonds is 5. The van der Waals surface area contributed by atoms with E-state index in [1.54, 1.807) is 12.1 Å². The van der Waals surface area contributed by atoms with Crippen molar-refractivity contribution in [2.75, 3.05) is 26.2 Å². The number of carbonyl (C=O) groups excluding carboxylic acids is 1. The van der Waals surface area contributed by atoms with Gasteiger partial charge in [-0.15, -0.1) is 10.2 Å². The Morgan fingerprint density at radius 2 is 1.81 bits per heavy atom. The molecule has 1 aliphatic rings. The Bertz CT molecular complexity index is 1240. The molecule has 1 aliphatic heterocycles. The zero-order chi connectivity index (χ0) is 22.1. The maximum atomic E-state index is 12.9. The number of H-pyrrole nitrogens is 1. The van der Waals surface area contributed by atoms with Crippen LogP contribution in [0.4, 0.5) is 5.69 Å². The predicted octanol–water partition coefficient (Wildman–Crippen LogP) is 3.08. The molecule has 0 atom stereocenters. The van der Waals surface area contributed by atoms with Gasteiger partial charge in [-0.1, -0.05) is 18.2 Å². The average molecular weight is 432 g/mol. The van der Waals surface area contributed by atoms with E-state index in [-0.39, 0.29) is 11.6 Å². The van der Waals surface area contributed by atoms with Crippen LogP contribution in [0.2, 0.25) is 0 Å². The average Bonchev–Trinajstić information content (AvgIpc) is 3.46. The largest absolute Gasteiger partial charge is 0.419 e. The van der Waals surface area contributed by atoms with Crippen molar-refractivity contribution in [3.05, 3.63) is 76.3 Å². The normalized spacial score (nSPS) is 14.7. The summed E-state index contributed by atoms with van der Waals surface area (Å²) in [6.07, 6.45) is 0. The third-order valence-corrected chi connectivity index (χ3v) is 5.57. The van der Waals surface area contributed by atoms with Crippen molar-refractivity contribution in [1.82, 2.24) is 25.0 Å². The van der Waals surface area contributed by atoms with Crippen molar-refractivity contribution in [3.8, 4) is 11.5 Å². The van der Waals surface area contributed by atoms with Crippen molar-refractivity contribution in [2.45, 2.75) is 6.54 Å². The molecule has 1 N–H and O–H groups in total. The van der Waals surface area contributed by atoms with Gasteiger partial charge in [-0.05, 0) is 24.3 Å². The first kappa shape index (κ1) is 19.9. The number of nitro groups is 1. The van der Waals surface area contributed by atoms with E-state index in [1.165, 1.54) is 12.1 Å². The second-order valence-electron chi connectivity index (χ2n) is 7.64. The Balaban J connectivity index is 1.18. The second kappa shape index (κ2) is 8.23. The highest BCUT2D eigenvalue weighted by Crippen LogP contribution is 2.22. The minimum absolute atomic E-state index is 0.000836. The second-order valence-corrected chi connectivity index (χ2v) is 7.64. The molecule has 4 aromatic rings. The highest BCUT2D eigenvalue weighted by Gasteiger charge is 2.24. The van der Waals surface area contributed by atoms with Gasteiger partial charge in [0.2, 0.25) is 11.8 Å². The van der Waals surface area contributed by atoms with Gasteiger partial charge >= 0.3 is 0 Å². The lowest BCUT2D eigenvalue weighted by atomic mass is 10.2. The molecule has 162 valence electrons. The molecule has 2 aromatic carbocycles. The zero-order valence-electron chi connectivity index (χ0n) is 17.1. The maximum absolute atomic E-state index is 12.9. The molecule has 10 heteroatoms. The van der Waals surface area contributed by atoms with Crippen LogP contribution in [0.15, 0.2) is 59.0 Å². The first-order valence-electron chi connectivity index (χ1n) is 10.2. The molecule has 2 aromatic heterocycles. The van der Waals surface area contributed by atoms with Gasteiger partial charge in [0.1, 0.15) is 5.69 Å². The molecule has 3 heterocycles. The summed E-state index contributed by atoms with van der Waals surface area (Å²) in [6, 6.07) is 15.7. The minimum atomic E-state index is -0.453. The SMILES string of the molecule is O=C(c1cc2ccccc2[nH]1)N1CCN(Cc2nnc(-c3ccc([N+](=O)[O-])cc3)o2)CC1. The first-order valence-corrected chi connectivity index (χ1v) is 10.2. The summed E-state index contributed by atoms with van der Waals surface area (Å²) in [4.78, 5) is 30.4. The van der Waals surface area contributed by atoms with E-state index in [0.717, 1.165) is 10.9 Å². The van der Waals surface area contributed by atoms with Gasteiger partial charge in [0.05, 0.1) is 11.5 Å². The summed E-state index contributed by atoms with van der Waals surface area (Å²) in [5.41, 5.74) is 2.19. The van der Waals surface area contributed by atoms with E-state index in [9.17, 15) is 14.9 Å². The molecule has 1 amide bonds. The third-order valence-electron chi connectivity index (χ3n) is 5.57. The summed E-state index contributed by atoms with van der Waals surface area (Å²) < 4.78 is 5.73.